The van der Waals surface area contributed by atoms with Gasteiger partial charge in [0.15, 0.2) is 6.61 Å². The summed E-state index contributed by atoms with van der Waals surface area (Å²) in [4.78, 5) is 34.0. The van der Waals surface area contributed by atoms with Gasteiger partial charge in [-0.3, -0.25) is 30.6 Å². The van der Waals surface area contributed by atoms with Crippen LogP contribution in [-0.2, 0) is 4.79 Å². The zero-order valence-corrected chi connectivity index (χ0v) is 13.7. The van der Waals surface area contributed by atoms with Crippen molar-refractivity contribution in [2.45, 2.75) is 13.8 Å². The summed E-state index contributed by atoms with van der Waals surface area (Å²) >= 11 is 0. The average molecular weight is 343 g/mol. The number of aryl methyl sites for hydroxylation is 2. The monoisotopic (exact) mass is 343 g/mol. The lowest BCUT2D eigenvalue weighted by molar-refractivity contribution is -0.385. The van der Waals surface area contributed by atoms with Crippen molar-refractivity contribution in [2.75, 3.05) is 6.61 Å². The van der Waals surface area contributed by atoms with Gasteiger partial charge in [0.2, 0.25) is 0 Å². The predicted molar refractivity (Wildman–Crippen MR) is 90.1 cm³/mol. The summed E-state index contributed by atoms with van der Waals surface area (Å²) in [5, 5.41) is 10.9. The maximum atomic E-state index is 12.0. The van der Waals surface area contributed by atoms with Gasteiger partial charge in [0.1, 0.15) is 11.3 Å². The lowest BCUT2D eigenvalue weighted by atomic mass is 10.1. The number of benzene rings is 2. The SMILES string of the molecule is Cc1ccc(OCC(=O)NNC(=O)c2ccccc2[N+](=O)[O-])c(C)c1. The summed E-state index contributed by atoms with van der Waals surface area (Å²) < 4.78 is 5.38. The van der Waals surface area contributed by atoms with Gasteiger partial charge in [-0.15, -0.1) is 0 Å². The number of rotatable bonds is 5. The molecule has 2 aromatic rings. The Balaban J connectivity index is 1.90. The van der Waals surface area contributed by atoms with E-state index in [1.54, 1.807) is 6.07 Å². The topological polar surface area (TPSA) is 111 Å². The Labute approximate surface area is 143 Å². The van der Waals surface area contributed by atoms with Crippen molar-refractivity contribution in [3.8, 4) is 5.75 Å². The van der Waals surface area contributed by atoms with Crippen LogP contribution in [0.25, 0.3) is 0 Å². The maximum absolute atomic E-state index is 12.0. The van der Waals surface area contributed by atoms with E-state index in [1.807, 2.05) is 26.0 Å². The Hall–Kier alpha value is -3.42. The van der Waals surface area contributed by atoms with Gasteiger partial charge in [-0.2, -0.15) is 0 Å². The van der Waals surface area contributed by atoms with Crippen molar-refractivity contribution >= 4 is 17.5 Å². The quantitative estimate of drug-likeness (QED) is 0.638. The standard InChI is InChI=1S/C17H17N3O5/c1-11-7-8-15(12(2)9-11)25-10-16(21)18-19-17(22)13-5-3-4-6-14(13)20(23)24/h3-9H,10H2,1-2H3,(H,18,21)(H,19,22). The number of nitrogens with zero attached hydrogens (tertiary/aromatic N) is 1. The molecule has 0 radical (unpaired) electrons. The Morgan fingerprint density at radius 1 is 1.12 bits per heavy atom. The number of carbonyl (C=O) groups is 2. The lowest BCUT2D eigenvalue weighted by Gasteiger charge is -2.11. The lowest BCUT2D eigenvalue weighted by Crippen LogP contribution is -2.44. The van der Waals surface area contributed by atoms with E-state index in [9.17, 15) is 19.7 Å². The number of hydrogen-bond acceptors (Lipinski definition) is 5. The first-order valence-electron chi connectivity index (χ1n) is 7.41. The Morgan fingerprint density at radius 3 is 2.52 bits per heavy atom. The first kappa shape index (κ1) is 17.9. The van der Waals surface area contributed by atoms with Crippen LogP contribution in [0.3, 0.4) is 0 Å². The third kappa shape index (κ3) is 4.77. The first-order valence-corrected chi connectivity index (χ1v) is 7.41. The van der Waals surface area contributed by atoms with Gasteiger partial charge in [0.05, 0.1) is 4.92 Å². The summed E-state index contributed by atoms with van der Waals surface area (Å²) in [5.74, 6) is -0.815. The zero-order valence-electron chi connectivity index (χ0n) is 13.7. The average Bonchev–Trinajstić information content (AvgIpc) is 2.58. The fraction of sp³-hybridized carbons (Fsp3) is 0.176. The number of nitrogens with one attached hydrogen (secondary N) is 2. The van der Waals surface area contributed by atoms with Gasteiger partial charge < -0.3 is 4.74 Å². The van der Waals surface area contributed by atoms with E-state index in [0.717, 1.165) is 11.1 Å². The number of amides is 2. The molecule has 2 rings (SSSR count). The highest BCUT2D eigenvalue weighted by Crippen LogP contribution is 2.18. The molecule has 0 unspecified atom stereocenters. The van der Waals surface area contributed by atoms with Crippen LogP contribution in [0.2, 0.25) is 0 Å². The second-order valence-corrected chi connectivity index (χ2v) is 5.33. The Kier molecular flexibility index (Phi) is 5.67. The second kappa shape index (κ2) is 7.91. The van der Waals surface area contributed by atoms with Crippen molar-refractivity contribution in [1.82, 2.24) is 10.9 Å². The molecule has 130 valence electrons. The molecule has 2 aromatic carbocycles. The molecule has 0 aliphatic rings. The van der Waals surface area contributed by atoms with E-state index in [2.05, 4.69) is 10.9 Å². The van der Waals surface area contributed by atoms with Gasteiger partial charge in [-0.25, -0.2) is 0 Å². The molecule has 0 bridgehead atoms. The predicted octanol–water partition coefficient (Wildman–Crippen LogP) is 2.05. The van der Waals surface area contributed by atoms with Gasteiger partial charge >= 0.3 is 0 Å². The van der Waals surface area contributed by atoms with E-state index in [4.69, 9.17) is 4.74 Å². The number of ether oxygens (including phenoxy) is 1. The number of hydrogen-bond donors (Lipinski definition) is 2. The highest BCUT2D eigenvalue weighted by atomic mass is 16.6. The molecule has 2 N–H and O–H groups in total. The van der Waals surface area contributed by atoms with Crippen molar-refractivity contribution in [1.29, 1.82) is 0 Å². The molecule has 0 atom stereocenters. The molecule has 0 aliphatic heterocycles. The van der Waals surface area contributed by atoms with Crippen molar-refractivity contribution in [3.05, 3.63) is 69.3 Å². The minimum absolute atomic E-state index is 0.150. The zero-order chi connectivity index (χ0) is 18.4. The summed E-state index contributed by atoms with van der Waals surface area (Å²) in [6.07, 6.45) is 0. The van der Waals surface area contributed by atoms with E-state index in [0.29, 0.717) is 5.75 Å². The molecule has 0 saturated carbocycles. The van der Waals surface area contributed by atoms with Crippen LogP contribution in [0.4, 0.5) is 5.69 Å². The van der Waals surface area contributed by atoms with E-state index < -0.39 is 16.7 Å². The molecule has 0 spiro atoms. The number of para-hydroxylation sites is 1. The first-order chi connectivity index (χ1) is 11.9. The van der Waals surface area contributed by atoms with Crippen LogP contribution in [0.5, 0.6) is 5.75 Å². The normalized spacial score (nSPS) is 10.0. The molecule has 8 heteroatoms. The summed E-state index contributed by atoms with van der Waals surface area (Å²) in [5.41, 5.74) is 5.76. The third-order valence-electron chi connectivity index (χ3n) is 3.35. The van der Waals surface area contributed by atoms with Crippen molar-refractivity contribution in [2.24, 2.45) is 0 Å². The molecule has 25 heavy (non-hydrogen) atoms. The van der Waals surface area contributed by atoms with Crippen LogP contribution >= 0.6 is 0 Å². The Bertz CT molecular complexity index is 820. The fourth-order valence-corrected chi connectivity index (χ4v) is 2.16. The van der Waals surface area contributed by atoms with Gasteiger partial charge in [0.25, 0.3) is 17.5 Å². The molecule has 2 amide bonds. The van der Waals surface area contributed by atoms with Gasteiger partial charge in [-0.1, -0.05) is 29.8 Å². The molecule has 0 aliphatic carbocycles. The summed E-state index contributed by atoms with van der Waals surface area (Å²) in [6.45, 7) is 3.50. The molecule has 0 heterocycles. The van der Waals surface area contributed by atoms with Crippen LogP contribution in [0.1, 0.15) is 21.5 Å². The Morgan fingerprint density at radius 2 is 1.84 bits per heavy atom. The van der Waals surface area contributed by atoms with E-state index in [-0.39, 0.29) is 17.9 Å². The largest absolute Gasteiger partial charge is 0.483 e. The van der Waals surface area contributed by atoms with Crippen LogP contribution in [0, 0.1) is 24.0 Å². The molecule has 8 nitrogen and oxygen atoms in total. The van der Waals surface area contributed by atoms with Crippen molar-refractivity contribution < 1.29 is 19.2 Å². The summed E-state index contributed by atoms with van der Waals surface area (Å²) in [6, 6.07) is 11.0. The van der Waals surface area contributed by atoms with E-state index in [1.165, 1.54) is 24.3 Å². The summed E-state index contributed by atoms with van der Waals surface area (Å²) in [7, 11) is 0. The van der Waals surface area contributed by atoms with Crippen molar-refractivity contribution in [3.63, 3.8) is 0 Å². The minimum atomic E-state index is -0.785. The third-order valence-corrected chi connectivity index (χ3v) is 3.35. The van der Waals surface area contributed by atoms with Crippen LogP contribution < -0.4 is 15.6 Å². The van der Waals surface area contributed by atoms with Crippen LogP contribution in [0.15, 0.2) is 42.5 Å². The van der Waals surface area contributed by atoms with Crippen LogP contribution in [-0.4, -0.2) is 23.3 Å². The van der Waals surface area contributed by atoms with E-state index >= 15 is 0 Å². The molecular weight excluding hydrogens is 326 g/mol. The number of nitro benzene ring substituents is 1. The second-order valence-electron chi connectivity index (χ2n) is 5.33. The molecule has 0 saturated heterocycles. The number of carbonyl (C=O) groups excluding carboxylic acids is 2. The number of nitro groups is 1. The molecule has 0 aromatic heterocycles. The highest BCUT2D eigenvalue weighted by molar-refractivity contribution is 5.99. The highest BCUT2D eigenvalue weighted by Gasteiger charge is 2.19. The smallest absolute Gasteiger partial charge is 0.282 e. The maximum Gasteiger partial charge on any atom is 0.282 e. The molecule has 0 fully saturated rings. The molecular formula is C17H17N3O5. The fourth-order valence-electron chi connectivity index (χ4n) is 2.16. The van der Waals surface area contributed by atoms with Gasteiger partial charge in [-0.05, 0) is 31.5 Å². The number of hydrazine groups is 1. The minimum Gasteiger partial charge on any atom is -0.483 e. The van der Waals surface area contributed by atoms with Gasteiger partial charge in [0, 0.05) is 6.07 Å².